The molecule has 15 heteroatoms. The van der Waals surface area contributed by atoms with Crippen LogP contribution in [0.4, 0.5) is 8.78 Å². The number of methoxy groups -OCH3 is 2. The van der Waals surface area contributed by atoms with Crippen molar-refractivity contribution in [3.05, 3.63) is 102 Å². The Balaban J connectivity index is 0.00000270. The number of halogens is 4. The van der Waals surface area contributed by atoms with Crippen LogP contribution in [0.2, 0.25) is 0 Å². The molecule has 2 aromatic carbocycles. The van der Waals surface area contributed by atoms with Crippen molar-refractivity contribution in [3.63, 3.8) is 0 Å². The van der Waals surface area contributed by atoms with Crippen molar-refractivity contribution >= 4 is 30.7 Å². The fourth-order valence-electron chi connectivity index (χ4n) is 6.66. The summed E-state index contributed by atoms with van der Waals surface area (Å²) in [6.45, 7) is 2.34. The molecule has 0 saturated carbocycles. The van der Waals surface area contributed by atoms with Crippen molar-refractivity contribution in [1.82, 2.24) is 34.6 Å². The standard InChI is InChI=1S/C34H37F2N7O4.2ClH/c1-45-31-26(32(47-22-29(35)36)40-34(39-31)46-2)20-41-18-25-19-42(33(44)27-17-37-13-14-38-27)15-16-43(25)28(21-41)30(23-9-5-3-6-10-23)24-11-7-4-8-12-24;;/h3-14,17,25,28-30H,15-16,18-22H2,1-2H3;2*1H/t25-,28?;;/m1../s1. The van der Waals surface area contributed by atoms with E-state index in [2.05, 4.69) is 54.0 Å². The van der Waals surface area contributed by atoms with Gasteiger partial charge in [0.2, 0.25) is 11.8 Å². The number of fused-ring (bicyclic) bond motifs is 1. The lowest BCUT2D eigenvalue weighted by Gasteiger charge is -2.53. The SMILES string of the molecule is COc1nc(OC)c(CN2CC(C(c3ccccc3)c3ccccc3)N3CCN(C(=O)c4cnccn4)C[C@H]3C2)c(OCC(F)F)n1.Cl.Cl. The first-order valence-electron chi connectivity index (χ1n) is 15.5. The highest BCUT2D eigenvalue weighted by Gasteiger charge is 2.43. The lowest BCUT2D eigenvalue weighted by atomic mass is 9.81. The molecule has 0 bridgehead atoms. The molecule has 0 aliphatic carbocycles. The summed E-state index contributed by atoms with van der Waals surface area (Å²) in [6.07, 6.45) is 1.86. The number of carbonyl (C=O) groups excluding carboxylic acids is 1. The average Bonchev–Trinajstić information content (AvgIpc) is 3.11. The second kappa shape index (κ2) is 17.5. The number of carbonyl (C=O) groups is 1. The Kier molecular flexibility index (Phi) is 13.4. The average molecular weight is 719 g/mol. The highest BCUT2D eigenvalue weighted by atomic mass is 35.5. The van der Waals surface area contributed by atoms with Crippen LogP contribution in [-0.4, -0.2) is 113 Å². The minimum atomic E-state index is -2.69. The molecule has 2 aliphatic heterocycles. The third-order valence-corrected chi connectivity index (χ3v) is 8.65. The molecule has 0 radical (unpaired) electrons. The van der Waals surface area contributed by atoms with Crippen molar-refractivity contribution in [3.8, 4) is 17.8 Å². The van der Waals surface area contributed by atoms with Crippen LogP contribution in [0.3, 0.4) is 0 Å². The Morgan fingerprint density at radius 3 is 2.14 bits per heavy atom. The quantitative estimate of drug-likeness (QED) is 0.218. The van der Waals surface area contributed by atoms with Crippen LogP contribution >= 0.6 is 24.8 Å². The van der Waals surface area contributed by atoms with Crippen LogP contribution < -0.4 is 14.2 Å². The maximum absolute atomic E-state index is 13.5. The second-order valence-corrected chi connectivity index (χ2v) is 11.5. The monoisotopic (exact) mass is 717 g/mol. The second-order valence-electron chi connectivity index (χ2n) is 11.5. The predicted molar refractivity (Wildman–Crippen MR) is 183 cm³/mol. The van der Waals surface area contributed by atoms with E-state index in [4.69, 9.17) is 14.2 Å². The largest absolute Gasteiger partial charge is 0.481 e. The topological polar surface area (TPSA) is 106 Å². The summed E-state index contributed by atoms with van der Waals surface area (Å²) in [5.41, 5.74) is 3.10. The van der Waals surface area contributed by atoms with Crippen LogP contribution in [-0.2, 0) is 6.54 Å². The zero-order chi connectivity index (χ0) is 32.8. The molecule has 2 aliphatic rings. The van der Waals surface area contributed by atoms with E-state index < -0.39 is 13.0 Å². The van der Waals surface area contributed by atoms with Crippen LogP contribution in [0, 0.1) is 0 Å². The minimum Gasteiger partial charge on any atom is -0.481 e. The smallest absolute Gasteiger partial charge is 0.322 e. The molecule has 11 nitrogen and oxygen atoms in total. The molecule has 262 valence electrons. The van der Waals surface area contributed by atoms with Gasteiger partial charge in [-0.1, -0.05) is 60.7 Å². The normalized spacial score (nSPS) is 17.9. The Morgan fingerprint density at radius 2 is 1.55 bits per heavy atom. The van der Waals surface area contributed by atoms with Gasteiger partial charge in [0.05, 0.1) is 26.0 Å². The highest BCUT2D eigenvalue weighted by Crippen LogP contribution is 2.37. The van der Waals surface area contributed by atoms with Crippen molar-refractivity contribution < 1.29 is 27.8 Å². The van der Waals surface area contributed by atoms with E-state index in [0.29, 0.717) is 44.0 Å². The van der Waals surface area contributed by atoms with E-state index in [9.17, 15) is 13.6 Å². The molecule has 2 atom stereocenters. The maximum Gasteiger partial charge on any atom is 0.322 e. The third kappa shape index (κ3) is 8.71. The zero-order valence-corrected chi connectivity index (χ0v) is 28.7. The summed E-state index contributed by atoms with van der Waals surface area (Å²) in [4.78, 5) is 37.0. The van der Waals surface area contributed by atoms with Crippen LogP contribution in [0.1, 0.15) is 33.1 Å². The molecular weight excluding hydrogens is 679 g/mol. The van der Waals surface area contributed by atoms with Gasteiger partial charge in [-0.3, -0.25) is 19.6 Å². The molecule has 2 fully saturated rings. The predicted octanol–water partition coefficient (Wildman–Crippen LogP) is 4.61. The Bertz CT molecular complexity index is 1590. The first-order valence-corrected chi connectivity index (χ1v) is 15.5. The summed E-state index contributed by atoms with van der Waals surface area (Å²) in [5, 5.41) is 0. The van der Waals surface area contributed by atoms with E-state index in [-0.39, 0.29) is 73.0 Å². The number of alkyl halides is 2. The van der Waals surface area contributed by atoms with Crippen LogP contribution in [0.5, 0.6) is 17.8 Å². The van der Waals surface area contributed by atoms with E-state index in [0.717, 1.165) is 0 Å². The summed E-state index contributed by atoms with van der Waals surface area (Å²) in [5.74, 6) is 0.0140. The number of piperazine rings is 2. The molecule has 49 heavy (non-hydrogen) atoms. The fourth-order valence-corrected chi connectivity index (χ4v) is 6.66. The molecule has 6 rings (SSSR count). The molecular formula is C34H39Cl2F2N7O4. The Morgan fingerprint density at radius 1 is 0.878 bits per heavy atom. The third-order valence-electron chi connectivity index (χ3n) is 8.65. The van der Waals surface area contributed by atoms with Crippen molar-refractivity contribution in [2.45, 2.75) is 31.0 Å². The molecule has 4 heterocycles. The summed E-state index contributed by atoms with van der Waals surface area (Å²) in [7, 11) is 2.85. The van der Waals surface area contributed by atoms with Gasteiger partial charge in [0.25, 0.3) is 12.3 Å². The number of rotatable bonds is 11. The number of amides is 1. The van der Waals surface area contributed by atoms with Gasteiger partial charge in [-0.25, -0.2) is 13.8 Å². The number of benzene rings is 2. The van der Waals surface area contributed by atoms with Gasteiger partial charge < -0.3 is 19.1 Å². The van der Waals surface area contributed by atoms with Crippen molar-refractivity contribution in [2.75, 3.05) is 53.6 Å². The van der Waals surface area contributed by atoms with Gasteiger partial charge in [-0.2, -0.15) is 9.97 Å². The van der Waals surface area contributed by atoms with E-state index >= 15 is 0 Å². The summed E-state index contributed by atoms with van der Waals surface area (Å²) >= 11 is 0. The van der Waals surface area contributed by atoms with Crippen molar-refractivity contribution in [1.29, 1.82) is 0 Å². The van der Waals surface area contributed by atoms with Gasteiger partial charge in [0, 0.05) is 69.7 Å². The molecule has 1 unspecified atom stereocenters. The van der Waals surface area contributed by atoms with Crippen LogP contribution in [0.15, 0.2) is 79.3 Å². The lowest BCUT2D eigenvalue weighted by Crippen LogP contribution is -2.67. The van der Waals surface area contributed by atoms with E-state index in [1.165, 1.54) is 37.7 Å². The van der Waals surface area contributed by atoms with Gasteiger partial charge in [-0.15, -0.1) is 24.8 Å². The molecule has 1 amide bonds. The molecule has 2 saturated heterocycles. The molecule has 0 spiro atoms. The fraction of sp³-hybridized carbons (Fsp3) is 0.382. The van der Waals surface area contributed by atoms with E-state index in [1.807, 2.05) is 41.3 Å². The maximum atomic E-state index is 13.5. The lowest BCUT2D eigenvalue weighted by molar-refractivity contribution is -0.0294. The number of hydrogen-bond acceptors (Lipinski definition) is 10. The summed E-state index contributed by atoms with van der Waals surface area (Å²) < 4.78 is 42.8. The van der Waals surface area contributed by atoms with Gasteiger partial charge in [0.15, 0.2) is 6.61 Å². The molecule has 4 aromatic rings. The highest BCUT2D eigenvalue weighted by molar-refractivity contribution is 5.92. The summed E-state index contributed by atoms with van der Waals surface area (Å²) in [6, 6.07) is 20.7. The number of hydrogen-bond donors (Lipinski definition) is 0. The van der Waals surface area contributed by atoms with Gasteiger partial charge >= 0.3 is 6.01 Å². The number of aromatic nitrogens is 4. The minimum absolute atomic E-state index is 0. The number of nitrogens with zero attached hydrogens (tertiary/aromatic N) is 7. The Labute approximate surface area is 296 Å². The zero-order valence-electron chi connectivity index (χ0n) is 27.1. The van der Waals surface area contributed by atoms with E-state index in [1.54, 1.807) is 6.20 Å². The Hall–Kier alpha value is -4.17. The first kappa shape index (κ1) is 37.6. The van der Waals surface area contributed by atoms with Crippen molar-refractivity contribution in [2.24, 2.45) is 0 Å². The first-order chi connectivity index (χ1) is 22.9. The number of ether oxygens (including phenoxy) is 3. The molecule has 2 aromatic heterocycles. The van der Waals surface area contributed by atoms with Gasteiger partial charge in [-0.05, 0) is 11.1 Å². The van der Waals surface area contributed by atoms with Gasteiger partial charge in [0.1, 0.15) is 5.69 Å². The molecule has 0 N–H and O–H groups in total. The van der Waals surface area contributed by atoms with Crippen LogP contribution in [0.25, 0.3) is 0 Å².